The van der Waals surface area contributed by atoms with E-state index >= 15 is 0 Å². The number of benzene rings is 3. The minimum Gasteiger partial charge on any atom is -0.463 e. The number of hydrogen-bond donors (Lipinski definition) is 1. The first-order valence-electron chi connectivity index (χ1n) is 9.87. The molecule has 1 unspecified atom stereocenters. The molecule has 150 valence electrons. The zero-order chi connectivity index (χ0) is 20.9. The second-order valence-corrected chi connectivity index (χ2v) is 6.84. The summed E-state index contributed by atoms with van der Waals surface area (Å²) in [6.07, 6.45) is 0.562. The number of hydrogen-bond acceptors (Lipinski definition) is 4. The Bertz CT molecular complexity index is 1170. The molecule has 1 N–H and O–H groups in total. The highest BCUT2D eigenvalue weighted by atomic mass is 16.5. The smallest absolute Gasteiger partial charge is 0.337 e. The molecule has 30 heavy (non-hydrogen) atoms. The van der Waals surface area contributed by atoms with Gasteiger partial charge in [-0.05, 0) is 24.6 Å². The van der Waals surface area contributed by atoms with Crippen molar-refractivity contribution in [3.05, 3.63) is 102 Å². The zero-order valence-electron chi connectivity index (χ0n) is 16.6. The van der Waals surface area contributed by atoms with Crippen molar-refractivity contribution in [1.82, 2.24) is 0 Å². The Kier molecular flexibility index (Phi) is 5.77. The highest BCUT2D eigenvalue weighted by Gasteiger charge is 2.24. The van der Waals surface area contributed by atoms with Gasteiger partial charge >= 0.3 is 5.97 Å². The van der Waals surface area contributed by atoms with Crippen LogP contribution in [0.4, 0.5) is 0 Å². The van der Waals surface area contributed by atoms with Crippen LogP contribution in [0, 0.1) is 0 Å². The number of carbonyl (C=O) groups is 1. The average Bonchev–Trinajstić information content (AvgIpc) is 3.17. The largest absolute Gasteiger partial charge is 0.463 e. The summed E-state index contributed by atoms with van der Waals surface area (Å²) in [7, 11) is 0. The van der Waals surface area contributed by atoms with Crippen molar-refractivity contribution in [2.24, 2.45) is 0 Å². The molecule has 0 amide bonds. The third-order valence-corrected chi connectivity index (χ3v) is 4.89. The van der Waals surface area contributed by atoms with Gasteiger partial charge in [0.2, 0.25) is 0 Å². The Balaban J connectivity index is 1.92. The Morgan fingerprint density at radius 2 is 1.60 bits per heavy atom. The van der Waals surface area contributed by atoms with E-state index in [1.807, 2.05) is 72.8 Å². The number of aliphatic hydroxyl groups excluding tert-OH is 1. The Labute approximate surface area is 175 Å². The lowest BCUT2D eigenvalue weighted by Gasteiger charge is -2.15. The SMILES string of the molecule is CCOC(=O)/C(=C/c1c(-c2ccccc2)oc2ccccc12)C(O)c1ccccc1. The Morgan fingerprint density at radius 3 is 2.30 bits per heavy atom. The maximum absolute atomic E-state index is 12.8. The van der Waals surface area contributed by atoms with E-state index in [1.54, 1.807) is 25.1 Å². The number of esters is 1. The third kappa shape index (κ3) is 3.91. The Hall–Kier alpha value is -3.63. The van der Waals surface area contributed by atoms with Gasteiger partial charge in [0.05, 0.1) is 12.2 Å². The van der Waals surface area contributed by atoms with Crippen LogP contribution in [-0.2, 0) is 9.53 Å². The van der Waals surface area contributed by atoms with Crippen molar-refractivity contribution < 1.29 is 19.1 Å². The van der Waals surface area contributed by atoms with Crippen LogP contribution in [0.25, 0.3) is 28.4 Å². The fraction of sp³-hybridized carbons (Fsp3) is 0.115. The predicted octanol–water partition coefficient (Wildman–Crippen LogP) is 5.78. The number of aliphatic hydroxyl groups is 1. The number of furan rings is 1. The summed E-state index contributed by atoms with van der Waals surface area (Å²) < 4.78 is 11.4. The van der Waals surface area contributed by atoms with E-state index in [-0.39, 0.29) is 12.2 Å². The Morgan fingerprint density at radius 1 is 0.967 bits per heavy atom. The first-order valence-corrected chi connectivity index (χ1v) is 9.87. The van der Waals surface area contributed by atoms with Crippen LogP contribution in [-0.4, -0.2) is 17.7 Å². The molecule has 0 radical (unpaired) electrons. The van der Waals surface area contributed by atoms with Gasteiger partial charge in [-0.25, -0.2) is 4.79 Å². The van der Waals surface area contributed by atoms with Gasteiger partial charge in [0, 0.05) is 16.5 Å². The summed E-state index contributed by atoms with van der Waals surface area (Å²) in [6, 6.07) is 26.4. The van der Waals surface area contributed by atoms with Gasteiger partial charge in [0.25, 0.3) is 0 Å². The van der Waals surface area contributed by atoms with Crippen LogP contribution in [0.1, 0.15) is 24.2 Å². The number of fused-ring (bicyclic) bond motifs is 1. The molecule has 0 saturated carbocycles. The summed E-state index contributed by atoms with van der Waals surface area (Å²) in [5.41, 5.74) is 3.10. The van der Waals surface area contributed by atoms with Gasteiger partial charge in [-0.1, -0.05) is 78.9 Å². The van der Waals surface area contributed by atoms with Crippen LogP contribution in [0.3, 0.4) is 0 Å². The fourth-order valence-corrected chi connectivity index (χ4v) is 3.45. The monoisotopic (exact) mass is 398 g/mol. The van der Waals surface area contributed by atoms with E-state index in [0.29, 0.717) is 16.9 Å². The van der Waals surface area contributed by atoms with Gasteiger partial charge in [-0.3, -0.25) is 0 Å². The zero-order valence-corrected chi connectivity index (χ0v) is 16.6. The molecule has 0 aliphatic rings. The van der Waals surface area contributed by atoms with Crippen molar-refractivity contribution in [2.75, 3.05) is 6.61 Å². The predicted molar refractivity (Wildman–Crippen MR) is 118 cm³/mol. The van der Waals surface area contributed by atoms with Gasteiger partial charge in [-0.2, -0.15) is 0 Å². The van der Waals surface area contributed by atoms with Gasteiger partial charge in [0.15, 0.2) is 0 Å². The summed E-state index contributed by atoms with van der Waals surface area (Å²) in [5.74, 6) is 0.0806. The van der Waals surface area contributed by atoms with E-state index in [0.717, 1.165) is 16.5 Å². The second-order valence-electron chi connectivity index (χ2n) is 6.84. The molecule has 4 aromatic rings. The van der Waals surface area contributed by atoms with Crippen molar-refractivity contribution in [2.45, 2.75) is 13.0 Å². The molecule has 1 heterocycles. The molecule has 0 fully saturated rings. The van der Waals surface area contributed by atoms with E-state index in [1.165, 1.54) is 0 Å². The van der Waals surface area contributed by atoms with Crippen molar-refractivity contribution in [1.29, 1.82) is 0 Å². The fourth-order valence-electron chi connectivity index (χ4n) is 3.45. The maximum atomic E-state index is 12.8. The minimum atomic E-state index is -1.12. The standard InChI is InChI=1S/C26H22O4/c1-2-29-26(28)22(24(27)18-11-5-3-6-12-18)17-21-20-15-9-10-16-23(20)30-25(21)19-13-7-4-8-14-19/h3-17,24,27H,2H2,1H3/b22-17+. The van der Waals surface area contributed by atoms with E-state index in [4.69, 9.17) is 9.15 Å². The first kappa shape index (κ1) is 19.7. The molecule has 3 aromatic carbocycles. The molecule has 4 rings (SSSR count). The summed E-state index contributed by atoms with van der Waals surface area (Å²) in [5, 5.41) is 11.9. The van der Waals surface area contributed by atoms with Gasteiger partial charge in [0.1, 0.15) is 17.4 Å². The molecular weight excluding hydrogens is 376 g/mol. The highest BCUT2D eigenvalue weighted by molar-refractivity contribution is 6.01. The molecule has 4 heteroatoms. The molecule has 0 saturated heterocycles. The summed E-state index contributed by atoms with van der Waals surface area (Å²) >= 11 is 0. The number of para-hydroxylation sites is 1. The first-order chi connectivity index (χ1) is 14.7. The lowest BCUT2D eigenvalue weighted by atomic mass is 9.97. The topological polar surface area (TPSA) is 59.7 Å². The molecule has 0 aliphatic heterocycles. The lowest BCUT2D eigenvalue weighted by molar-refractivity contribution is -0.139. The molecule has 1 atom stereocenters. The second kappa shape index (κ2) is 8.80. The number of rotatable bonds is 6. The molecule has 0 spiro atoms. The number of ether oxygens (including phenoxy) is 1. The highest BCUT2D eigenvalue weighted by Crippen LogP contribution is 2.36. The van der Waals surface area contributed by atoms with Crippen LogP contribution in [0.5, 0.6) is 0 Å². The van der Waals surface area contributed by atoms with Crippen molar-refractivity contribution >= 4 is 23.0 Å². The van der Waals surface area contributed by atoms with Crippen LogP contribution in [0.15, 0.2) is 94.9 Å². The van der Waals surface area contributed by atoms with Gasteiger partial charge in [-0.15, -0.1) is 0 Å². The lowest BCUT2D eigenvalue weighted by Crippen LogP contribution is -2.14. The molecule has 0 aliphatic carbocycles. The number of carbonyl (C=O) groups excluding carboxylic acids is 1. The van der Waals surface area contributed by atoms with Gasteiger partial charge < -0.3 is 14.3 Å². The van der Waals surface area contributed by atoms with Crippen LogP contribution < -0.4 is 0 Å². The third-order valence-electron chi connectivity index (χ3n) is 4.89. The molecular formula is C26H22O4. The van der Waals surface area contributed by atoms with E-state index in [2.05, 4.69) is 0 Å². The molecule has 4 nitrogen and oxygen atoms in total. The van der Waals surface area contributed by atoms with E-state index < -0.39 is 12.1 Å². The molecule has 0 bridgehead atoms. The van der Waals surface area contributed by atoms with E-state index in [9.17, 15) is 9.90 Å². The van der Waals surface area contributed by atoms with Crippen molar-refractivity contribution in [3.63, 3.8) is 0 Å². The van der Waals surface area contributed by atoms with Crippen LogP contribution in [0.2, 0.25) is 0 Å². The molecule has 1 aromatic heterocycles. The normalized spacial score (nSPS) is 12.7. The summed E-state index contributed by atoms with van der Waals surface area (Å²) in [6.45, 7) is 1.96. The van der Waals surface area contributed by atoms with Crippen LogP contribution >= 0.6 is 0 Å². The maximum Gasteiger partial charge on any atom is 0.337 e. The van der Waals surface area contributed by atoms with Crippen molar-refractivity contribution in [3.8, 4) is 11.3 Å². The minimum absolute atomic E-state index is 0.159. The average molecular weight is 398 g/mol. The quantitative estimate of drug-likeness (QED) is 0.330. The summed E-state index contributed by atoms with van der Waals surface area (Å²) in [4.78, 5) is 12.8.